The summed E-state index contributed by atoms with van der Waals surface area (Å²) in [5, 5.41) is 22.7. The Balaban J connectivity index is 1.27. The maximum absolute atomic E-state index is 11.3. The van der Waals surface area contributed by atoms with Crippen molar-refractivity contribution in [3.63, 3.8) is 0 Å². The number of hydrogen-bond donors (Lipinski definition) is 2. The Hall–Kier alpha value is -5.20. The zero-order valence-electron chi connectivity index (χ0n) is 27.2. The van der Waals surface area contributed by atoms with Gasteiger partial charge in [0.05, 0.1) is 40.5 Å². The summed E-state index contributed by atoms with van der Waals surface area (Å²) >= 11 is 0. The van der Waals surface area contributed by atoms with Crippen LogP contribution in [0.1, 0.15) is 34.3 Å². The van der Waals surface area contributed by atoms with Crippen molar-refractivity contribution in [1.29, 1.82) is 0 Å². The lowest BCUT2D eigenvalue weighted by atomic mass is 9.92. The summed E-state index contributed by atoms with van der Waals surface area (Å²) in [7, 11) is 6.47. The van der Waals surface area contributed by atoms with E-state index in [9.17, 15) is 10.2 Å². The van der Waals surface area contributed by atoms with E-state index in [0.29, 0.717) is 83.3 Å². The van der Waals surface area contributed by atoms with Gasteiger partial charge in [-0.3, -0.25) is 9.80 Å². The first-order valence-corrected chi connectivity index (χ1v) is 15.6. The van der Waals surface area contributed by atoms with Crippen molar-refractivity contribution in [3.8, 4) is 57.5 Å². The number of phenolic OH excluding ortho intramolecular Hbond substituents is 2. The van der Waals surface area contributed by atoms with Gasteiger partial charge in [0.2, 0.25) is 13.6 Å². The molecule has 0 bridgehead atoms. The summed E-state index contributed by atoms with van der Waals surface area (Å²) in [4.78, 5) is 4.61. The summed E-state index contributed by atoms with van der Waals surface area (Å²) in [6.07, 6.45) is 0. The van der Waals surface area contributed by atoms with E-state index in [1.54, 1.807) is 40.6 Å². The lowest BCUT2D eigenvalue weighted by Crippen LogP contribution is -2.49. The van der Waals surface area contributed by atoms with Crippen LogP contribution in [0.4, 0.5) is 0 Å². The Labute approximate surface area is 278 Å². The number of nitrogens with zero attached hydrogens (tertiary/aromatic N) is 2. The molecule has 1 fully saturated rings. The van der Waals surface area contributed by atoms with E-state index in [0.717, 1.165) is 11.1 Å². The van der Waals surface area contributed by atoms with Crippen LogP contribution in [-0.4, -0.2) is 88.2 Å². The number of ether oxygens (including phenoxy) is 8. The minimum absolute atomic E-state index is 0.0932. The predicted molar refractivity (Wildman–Crippen MR) is 174 cm³/mol. The molecule has 12 nitrogen and oxygen atoms in total. The van der Waals surface area contributed by atoms with Crippen molar-refractivity contribution < 1.29 is 48.1 Å². The van der Waals surface area contributed by atoms with Crippen molar-refractivity contribution >= 4 is 0 Å². The summed E-state index contributed by atoms with van der Waals surface area (Å²) < 4.78 is 45.2. The third-order valence-electron chi connectivity index (χ3n) is 9.18. The highest BCUT2D eigenvalue weighted by Crippen LogP contribution is 2.48. The van der Waals surface area contributed by atoms with Crippen LogP contribution in [0.25, 0.3) is 0 Å². The maximum Gasteiger partial charge on any atom is 0.231 e. The second-order valence-electron chi connectivity index (χ2n) is 11.6. The third-order valence-corrected chi connectivity index (χ3v) is 9.18. The van der Waals surface area contributed by atoms with Gasteiger partial charge in [-0.1, -0.05) is 0 Å². The van der Waals surface area contributed by atoms with Crippen LogP contribution < -0.4 is 37.9 Å². The van der Waals surface area contributed by atoms with E-state index in [1.165, 1.54) is 0 Å². The molecule has 0 radical (unpaired) electrons. The monoisotopic (exact) mass is 658 g/mol. The Morgan fingerprint density at radius 1 is 0.500 bits per heavy atom. The van der Waals surface area contributed by atoms with Crippen molar-refractivity contribution in [2.75, 3.05) is 68.2 Å². The van der Waals surface area contributed by atoms with Gasteiger partial charge in [-0.25, -0.2) is 0 Å². The van der Waals surface area contributed by atoms with E-state index < -0.39 is 12.1 Å². The highest BCUT2D eigenvalue weighted by atomic mass is 16.7. The molecule has 0 unspecified atom stereocenters. The quantitative estimate of drug-likeness (QED) is 0.236. The molecule has 0 aliphatic carbocycles. The smallest absolute Gasteiger partial charge is 0.231 e. The number of fused-ring (bicyclic) bond motifs is 2. The molecule has 2 N–H and O–H groups in total. The fourth-order valence-electron chi connectivity index (χ4n) is 6.80. The first kappa shape index (κ1) is 31.4. The maximum atomic E-state index is 11.3. The average Bonchev–Trinajstić information content (AvgIpc) is 3.78. The first-order valence-electron chi connectivity index (χ1n) is 15.6. The normalized spacial score (nSPS) is 16.8. The fraction of sp³-hybridized carbons (Fsp3) is 0.333. The van der Waals surface area contributed by atoms with Crippen LogP contribution >= 0.6 is 0 Å². The number of methoxy groups -OCH3 is 4. The molecule has 0 aromatic heterocycles. The Morgan fingerprint density at radius 2 is 0.875 bits per heavy atom. The molecule has 3 aliphatic heterocycles. The van der Waals surface area contributed by atoms with E-state index in [-0.39, 0.29) is 25.1 Å². The van der Waals surface area contributed by atoms with Crippen LogP contribution in [0.3, 0.4) is 0 Å². The average molecular weight is 659 g/mol. The van der Waals surface area contributed by atoms with E-state index in [2.05, 4.69) is 9.80 Å². The van der Waals surface area contributed by atoms with Crippen LogP contribution in [0, 0.1) is 0 Å². The standard InChI is InChI=1S/C36H38N2O10/c1-41-21-5-7-23(29(13-21)43-3)35(25-15-31-33(17-27(25)39)47-19-45-31)37-9-11-38(12-10-37)36(24-8-6-22(42-2)14-30(24)44-4)26-16-32-34(18-28(26)40)48-20-46-32/h5-8,13-18,35-36,39-40H,9-12,19-20H2,1-4H3/t35-,36+. The molecule has 252 valence electrons. The SMILES string of the molecule is COc1ccc([C@@H](c2cc3c(cc2O)OCO3)N2CCN([C@@H](c3cc4c(cc3O)OCO4)c3ccc(OC)cc3OC)CC2)c(OC)c1. The predicted octanol–water partition coefficient (Wildman–Crippen LogP) is 5.09. The highest BCUT2D eigenvalue weighted by molar-refractivity contribution is 5.58. The molecule has 3 heterocycles. The number of rotatable bonds is 10. The van der Waals surface area contributed by atoms with Gasteiger partial charge in [0.15, 0.2) is 23.0 Å². The Bertz CT molecular complexity index is 1680. The molecule has 48 heavy (non-hydrogen) atoms. The number of phenols is 2. The lowest BCUT2D eigenvalue weighted by Gasteiger charge is -2.43. The van der Waals surface area contributed by atoms with Gasteiger partial charge in [0.25, 0.3) is 0 Å². The summed E-state index contributed by atoms with van der Waals surface area (Å²) in [6.45, 7) is 2.61. The number of aromatic hydroxyl groups is 2. The van der Waals surface area contributed by atoms with E-state index >= 15 is 0 Å². The van der Waals surface area contributed by atoms with Gasteiger partial charge in [0.1, 0.15) is 34.5 Å². The van der Waals surface area contributed by atoms with Crippen molar-refractivity contribution in [2.45, 2.75) is 12.1 Å². The molecule has 0 amide bonds. The minimum Gasteiger partial charge on any atom is -0.507 e. The summed E-state index contributed by atoms with van der Waals surface area (Å²) in [5.41, 5.74) is 3.06. The van der Waals surface area contributed by atoms with Crippen LogP contribution in [0.5, 0.6) is 57.5 Å². The summed E-state index contributed by atoms with van der Waals surface area (Å²) in [6, 6.07) is 17.5. The highest BCUT2D eigenvalue weighted by Gasteiger charge is 2.36. The third kappa shape index (κ3) is 5.67. The van der Waals surface area contributed by atoms with Crippen LogP contribution in [0.2, 0.25) is 0 Å². The molecular weight excluding hydrogens is 620 g/mol. The van der Waals surface area contributed by atoms with Crippen molar-refractivity contribution in [1.82, 2.24) is 9.80 Å². The Morgan fingerprint density at radius 3 is 1.23 bits per heavy atom. The number of benzene rings is 4. The molecule has 7 rings (SSSR count). The Kier molecular flexibility index (Phi) is 8.59. The molecule has 4 aromatic rings. The molecule has 3 aliphatic rings. The molecule has 12 heteroatoms. The molecule has 2 atom stereocenters. The van der Waals surface area contributed by atoms with Crippen molar-refractivity contribution in [2.24, 2.45) is 0 Å². The largest absolute Gasteiger partial charge is 0.507 e. The second-order valence-corrected chi connectivity index (χ2v) is 11.6. The topological polar surface area (TPSA) is 121 Å². The van der Waals surface area contributed by atoms with Crippen molar-refractivity contribution in [3.05, 3.63) is 82.9 Å². The number of hydrogen-bond acceptors (Lipinski definition) is 12. The minimum atomic E-state index is -0.393. The molecular formula is C36H38N2O10. The molecule has 0 saturated carbocycles. The van der Waals surface area contributed by atoms with E-state index in [4.69, 9.17) is 37.9 Å². The van der Waals surface area contributed by atoms with E-state index in [1.807, 2.05) is 48.5 Å². The number of piperazine rings is 1. The van der Waals surface area contributed by atoms with Gasteiger partial charge >= 0.3 is 0 Å². The second kappa shape index (κ2) is 13.1. The lowest BCUT2D eigenvalue weighted by molar-refractivity contribution is 0.0867. The van der Waals surface area contributed by atoms with Gasteiger partial charge in [-0.2, -0.15) is 0 Å². The van der Waals surface area contributed by atoms with Gasteiger partial charge in [-0.05, 0) is 36.4 Å². The molecule has 0 spiro atoms. The zero-order valence-corrected chi connectivity index (χ0v) is 27.2. The zero-order chi connectivity index (χ0) is 33.4. The van der Waals surface area contributed by atoms with Gasteiger partial charge in [0, 0.05) is 72.7 Å². The fourth-order valence-corrected chi connectivity index (χ4v) is 6.80. The first-order chi connectivity index (χ1) is 23.4. The molecule has 1 saturated heterocycles. The van der Waals surface area contributed by atoms with Gasteiger partial charge in [-0.15, -0.1) is 0 Å². The van der Waals surface area contributed by atoms with Crippen LogP contribution in [-0.2, 0) is 0 Å². The summed E-state index contributed by atoms with van der Waals surface area (Å²) in [5.74, 6) is 4.92. The molecule has 4 aromatic carbocycles. The van der Waals surface area contributed by atoms with Gasteiger partial charge < -0.3 is 48.1 Å². The van der Waals surface area contributed by atoms with Crippen LogP contribution in [0.15, 0.2) is 60.7 Å².